The molecule has 0 radical (unpaired) electrons. The second kappa shape index (κ2) is 6.23. The minimum Gasteiger partial charge on any atom is -0.495 e. The topological polar surface area (TPSA) is 21.3 Å². The van der Waals surface area contributed by atoms with E-state index in [0.717, 1.165) is 23.4 Å². The summed E-state index contributed by atoms with van der Waals surface area (Å²) in [4.78, 5) is 0. The number of halogens is 1. The SMILES string of the molecule is CCC(Nc1ccccc1OC)c1ccc(F)cc1. The number of rotatable bonds is 5. The molecule has 3 heteroatoms. The minimum absolute atomic E-state index is 0.136. The Morgan fingerprint density at radius 1 is 1.11 bits per heavy atom. The maximum atomic E-state index is 13.0. The van der Waals surface area contributed by atoms with E-state index in [1.54, 1.807) is 7.11 Å². The van der Waals surface area contributed by atoms with Crippen molar-refractivity contribution in [1.82, 2.24) is 0 Å². The van der Waals surface area contributed by atoms with Gasteiger partial charge in [0.05, 0.1) is 18.8 Å². The highest BCUT2D eigenvalue weighted by molar-refractivity contribution is 5.57. The number of nitrogens with one attached hydrogen (secondary N) is 1. The molecular weight excluding hydrogens is 241 g/mol. The highest BCUT2D eigenvalue weighted by atomic mass is 19.1. The van der Waals surface area contributed by atoms with E-state index in [0.29, 0.717) is 0 Å². The highest BCUT2D eigenvalue weighted by Crippen LogP contribution is 2.29. The lowest BCUT2D eigenvalue weighted by atomic mass is 10.0. The number of benzene rings is 2. The van der Waals surface area contributed by atoms with Crippen LogP contribution in [0.4, 0.5) is 10.1 Å². The fraction of sp³-hybridized carbons (Fsp3) is 0.250. The first-order valence-electron chi connectivity index (χ1n) is 6.39. The van der Waals surface area contributed by atoms with Crippen molar-refractivity contribution in [2.75, 3.05) is 12.4 Å². The Morgan fingerprint density at radius 2 is 1.79 bits per heavy atom. The van der Waals surface area contributed by atoms with Gasteiger partial charge in [-0.2, -0.15) is 0 Å². The quantitative estimate of drug-likeness (QED) is 0.859. The van der Waals surface area contributed by atoms with Gasteiger partial charge in [0.1, 0.15) is 11.6 Å². The van der Waals surface area contributed by atoms with E-state index in [1.165, 1.54) is 12.1 Å². The number of anilines is 1. The molecule has 0 bridgehead atoms. The Bertz CT molecular complexity index is 525. The zero-order chi connectivity index (χ0) is 13.7. The Hall–Kier alpha value is -2.03. The number of hydrogen-bond acceptors (Lipinski definition) is 2. The summed E-state index contributed by atoms with van der Waals surface area (Å²) in [6, 6.07) is 14.5. The molecule has 2 nitrogen and oxygen atoms in total. The third-order valence-corrected chi connectivity index (χ3v) is 3.12. The number of methoxy groups -OCH3 is 1. The van der Waals surface area contributed by atoms with Crippen molar-refractivity contribution >= 4 is 5.69 Å². The van der Waals surface area contributed by atoms with Crippen LogP contribution in [-0.4, -0.2) is 7.11 Å². The van der Waals surface area contributed by atoms with Gasteiger partial charge in [-0.15, -0.1) is 0 Å². The van der Waals surface area contributed by atoms with Gasteiger partial charge in [-0.1, -0.05) is 31.2 Å². The molecule has 0 saturated heterocycles. The molecule has 0 aliphatic carbocycles. The molecule has 0 spiro atoms. The van der Waals surface area contributed by atoms with E-state index < -0.39 is 0 Å². The van der Waals surface area contributed by atoms with Gasteiger partial charge < -0.3 is 10.1 Å². The lowest BCUT2D eigenvalue weighted by molar-refractivity contribution is 0.416. The van der Waals surface area contributed by atoms with Crippen LogP contribution in [0.15, 0.2) is 48.5 Å². The van der Waals surface area contributed by atoms with Crippen molar-refractivity contribution in [3.05, 3.63) is 59.9 Å². The molecule has 0 aromatic heterocycles. The van der Waals surface area contributed by atoms with Crippen LogP contribution in [-0.2, 0) is 0 Å². The fourth-order valence-electron chi connectivity index (χ4n) is 2.07. The van der Waals surface area contributed by atoms with E-state index in [4.69, 9.17) is 4.74 Å². The molecule has 1 N–H and O–H groups in total. The van der Waals surface area contributed by atoms with Crippen LogP contribution in [0.1, 0.15) is 24.9 Å². The summed E-state index contributed by atoms with van der Waals surface area (Å²) in [5.41, 5.74) is 2.01. The summed E-state index contributed by atoms with van der Waals surface area (Å²) in [6.45, 7) is 2.09. The van der Waals surface area contributed by atoms with Crippen LogP contribution in [0.5, 0.6) is 5.75 Å². The van der Waals surface area contributed by atoms with Crippen LogP contribution in [0.3, 0.4) is 0 Å². The Morgan fingerprint density at radius 3 is 2.42 bits per heavy atom. The molecule has 0 fully saturated rings. The lowest BCUT2D eigenvalue weighted by Crippen LogP contribution is -2.10. The van der Waals surface area contributed by atoms with Gasteiger partial charge in [-0.05, 0) is 36.2 Å². The third kappa shape index (κ3) is 3.25. The predicted octanol–water partition coefficient (Wildman–Crippen LogP) is 4.40. The van der Waals surface area contributed by atoms with Crippen molar-refractivity contribution in [3.63, 3.8) is 0 Å². The Balaban J connectivity index is 2.21. The Kier molecular flexibility index (Phi) is 4.39. The molecule has 0 aliphatic heterocycles. The van der Waals surface area contributed by atoms with Crippen molar-refractivity contribution in [2.24, 2.45) is 0 Å². The van der Waals surface area contributed by atoms with E-state index in [-0.39, 0.29) is 11.9 Å². The first kappa shape index (κ1) is 13.4. The van der Waals surface area contributed by atoms with Gasteiger partial charge in [0.25, 0.3) is 0 Å². The first-order valence-corrected chi connectivity index (χ1v) is 6.39. The zero-order valence-corrected chi connectivity index (χ0v) is 11.2. The smallest absolute Gasteiger partial charge is 0.141 e. The summed E-state index contributed by atoms with van der Waals surface area (Å²) < 4.78 is 18.3. The van der Waals surface area contributed by atoms with Crippen LogP contribution in [0, 0.1) is 5.82 Å². The standard InChI is InChI=1S/C16H18FNO/c1-3-14(12-8-10-13(17)11-9-12)18-15-6-4-5-7-16(15)19-2/h4-11,14,18H,3H2,1-2H3. The van der Waals surface area contributed by atoms with Crippen LogP contribution < -0.4 is 10.1 Å². The predicted molar refractivity (Wildman–Crippen MR) is 76.0 cm³/mol. The van der Waals surface area contributed by atoms with Crippen molar-refractivity contribution in [1.29, 1.82) is 0 Å². The maximum absolute atomic E-state index is 13.0. The summed E-state index contributed by atoms with van der Waals surface area (Å²) >= 11 is 0. The van der Waals surface area contributed by atoms with E-state index in [9.17, 15) is 4.39 Å². The van der Waals surface area contributed by atoms with Gasteiger partial charge in [-0.3, -0.25) is 0 Å². The lowest BCUT2D eigenvalue weighted by Gasteiger charge is -2.20. The molecule has 2 rings (SSSR count). The van der Waals surface area contributed by atoms with Crippen molar-refractivity contribution in [2.45, 2.75) is 19.4 Å². The van der Waals surface area contributed by atoms with Crippen LogP contribution >= 0.6 is 0 Å². The molecule has 1 atom stereocenters. The molecule has 1 unspecified atom stereocenters. The molecule has 2 aromatic carbocycles. The number of para-hydroxylation sites is 2. The first-order chi connectivity index (χ1) is 9.24. The average molecular weight is 259 g/mol. The van der Waals surface area contributed by atoms with Gasteiger partial charge >= 0.3 is 0 Å². The molecule has 0 heterocycles. The average Bonchev–Trinajstić information content (AvgIpc) is 2.46. The van der Waals surface area contributed by atoms with Crippen LogP contribution in [0.25, 0.3) is 0 Å². The summed E-state index contributed by atoms with van der Waals surface area (Å²) in [7, 11) is 1.65. The van der Waals surface area contributed by atoms with Crippen molar-refractivity contribution < 1.29 is 9.13 Å². The highest BCUT2D eigenvalue weighted by Gasteiger charge is 2.11. The summed E-state index contributed by atoms with van der Waals surface area (Å²) in [6.07, 6.45) is 0.906. The normalized spacial score (nSPS) is 11.9. The second-order valence-electron chi connectivity index (χ2n) is 4.36. The summed E-state index contributed by atoms with van der Waals surface area (Å²) in [5.74, 6) is 0.596. The molecule has 2 aromatic rings. The molecule has 100 valence electrons. The van der Waals surface area contributed by atoms with Gasteiger partial charge in [0, 0.05) is 0 Å². The van der Waals surface area contributed by atoms with E-state index in [2.05, 4.69) is 12.2 Å². The van der Waals surface area contributed by atoms with E-state index in [1.807, 2.05) is 36.4 Å². The second-order valence-corrected chi connectivity index (χ2v) is 4.36. The van der Waals surface area contributed by atoms with Gasteiger partial charge in [0.2, 0.25) is 0 Å². The van der Waals surface area contributed by atoms with Crippen molar-refractivity contribution in [3.8, 4) is 5.75 Å². The molecule has 0 saturated carbocycles. The monoisotopic (exact) mass is 259 g/mol. The van der Waals surface area contributed by atoms with Gasteiger partial charge in [-0.25, -0.2) is 4.39 Å². The summed E-state index contributed by atoms with van der Waals surface area (Å²) in [5, 5.41) is 3.44. The molecule has 0 amide bonds. The number of hydrogen-bond donors (Lipinski definition) is 1. The largest absolute Gasteiger partial charge is 0.495 e. The van der Waals surface area contributed by atoms with Gasteiger partial charge in [0.15, 0.2) is 0 Å². The number of ether oxygens (including phenoxy) is 1. The van der Waals surface area contributed by atoms with E-state index >= 15 is 0 Å². The minimum atomic E-state index is -0.212. The molecule has 0 aliphatic rings. The maximum Gasteiger partial charge on any atom is 0.141 e. The zero-order valence-electron chi connectivity index (χ0n) is 11.2. The van der Waals surface area contributed by atoms with Crippen LogP contribution in [0.2, 0.25) is 0 Å². The Labute approximate surface area is 113 Å². The molecule has 19 heavy (non-hydrogen) atoms. The molecular formula is C16H18FNO. The fourth-order valence-corrected chi connectivity index (χ4v) is 2.07. The third-order valence-electron chi connectivity index (χ3n) is 3.12.